The summed E-state index contributed by atoms with van der Waals surface area (Å²) in [7, 11) is 0. The third-order valence-electron chi connectivity index (χ3n) is 3.94. The van der Waals surface area contributed by atoms with Gasteiger partial charge in [0.2, 0.25) is 0 Å². The lowest BCUT2D eigenvalue weighted by Crippen LogP contribution is -2.12. The molecule has 126 valence electrons. The van der Waals surface area contributed by atoms with E-state index in [1.807, 2.05) is 19.9 Å². The van der Waals surface area contributed by atoms with E-state index in [0.29, 0.717) is 11.3 Å². The molecule has 0 aliphatic heterocycles. The minimum atomic E-state index is -0.353. The van der Waals surface area contributed by atoms with Crippen LogP contribution in [0.4, 0.5) is 5.69 Å². The number of carbonyl (C=O) groups is 2. The van der Waals surface area contributed by atoms with Crippen LogP contribution in [0.3, 0.4) is 0 Å². The van der Waals surface area contributed by atoms with Crippen molar-refractivity contribution in [3.8, 4) is 0 Å². The minimum absolute atomic E-state index is 0.0908. The third kappa shape index (κ3) is 3.85. The Bertz CT molecular complexity index is 723. The first-order chi connectivity index (χ1) is 11.5. The Hall–Kier alpha value is -2.14. The van der Waals surface area contributed by atoms with Crippen LogP contribution in [-0.2, 0) is 17.6 Å². The molecule has 0 atom stereocenters. The SMILES string of the molecule is CC(C)OC(=O)c1ccc(NC(=O)c2cc3c(s2)CCCC3)cc1. The number of benzene rings is 1. The van der Waals surface area contributed by atoms with E-state index in [4.69, 9.17) is 4.74 Å². The zero-order valence-electron chi connectivity index (χ0n) is 13.9. The summed E-state index contributed by atoms with van der Waals surface area (Å²) in [5.41, 5.74) is 2.48. The van der Waals surface area contributed by atoms with Gasteiger partial charge in [-0.15, -0.1) is 11.3 Å². The van der Waals surface area contributed by atoms with Crippen molar-refractivity contribution in [3.63, 3.8) is 0 Å². The van der Waals surface area contributed by atoms with Crippen molar-refractivity contribution in [2.45, 2.75) is 45.6 Å². The van der Waals surface area contributed by atoms with E-state index in [1.54, 1.807) is 35.6 Å². The molecule has 1 aromatic heterocycles. The van der Waals surface area contributed by atoms with Gasteiger partial charge in [0.05, 0.1) is 16.5 Å². The predicted octanol–water partition coefficient (Wildman–Crippen LogP) is 4.44. The van der Waals surface area contributed by atoms with Crippen molar-refractivity contribution in [1.82, 2.24) is 0 Å². The van der Waals surface area contributed by atoms with Crippen LogP contribution in [0.5, 0.6) is 0 Å². The van der Waals surface area contributed by atoms with E-state index < -0.39 is 0 Å². The largest absolute Gasteiger partial charge is 0.459 e. The number of nitrogens with one attached hydrogen (secondary N) is 1. The molecule has 1 N–H and O–H groups in total. The number of hydrogen-bond acceptors (Lipinski definition) is 4. The molecule has 4 nitrogen and oxygen atoms in total. The highest BCUT2D eigenvalue weighted by Gasteiger charge is 2.17. The number of carbonyl (C=O) groups excluding carboxylic acids is 2. The molecule has 0 radical (unpaired) electrons. The van der Waals surface area contributed by atoms with Crippen LogP contribution in [0.25, 0.3) is 0 Å². The molecule has 1 aromatic carbocycles. The zero-order chi connectivity index (χ0) is 17.1. The molecule has 5 heteroatoms. The van der Waals surface area contributed by atoms with E-state index in [0.717, 1.165) is 17.7 Å². The van der Waals surface area contributed by atoms with E-state index in [9.17, 15) is 9.59 Å². The van der Waals surface area contributed by atoms with Gasteiger partial charge in [0.25, 0.3) is 5.91 Å². The number of amides is 1. The van der Waals surface area contributed by atoms with Crippen molar-refractivity contribution in [2.24, 2.45) is 0 Å². The zero-order valence-corrected chi connectivity index (χ0v) is 14.7. The number of hydrogen-bond donors (Lipinski definition) is 1. The van der Waals surface area contributed by atoms with Gasteiger partial charge >= 0.3 is 5.97 Å². The van der Waals surface area contributed by atoms with Gasteiger partial charge in [-0.25, -0.2) is 4.79 Å². The number of anilines is 1. The van der Waals surface area contributed by atoms with Crippen molar-refractivity contribution >= 4 is 28.9 Å². The molecule has 1 aliphatic carbocycles. The standard InChI is InChI=1S/C19H21NO3S/c1-12(2)23-19(22)13-7-9-15(10-8-13)20-18(21)17-11-14-5-3-4-6-16(14)24-17/h7-12H,3-6H2,1-2H3,(H,20,21). The third-order valence-corrected chi connectivity index (χ3v) is 5.18. The summed E-state index contributed by atoms with van der Waals surface area (Å²) in [6.45, 7) is 3.63. The predicted molar refractivity (Wildman–Crippen MR) is 95.9 cm³/mol. The molecule has 24 heavy (non-hydrogen) atoms. The molecule has 2 aromatic rings. The Morgan fingerprint density at radius 1 is 1.12 bits per heavy atom. The fraction of sp³-hybridized carbons (Fsp3) is 0.368. The summed E-state index contributed by atoms with van der Waals surface area (Å²) in [5.74, 6) is -0.444. The molecule has 0 fully saturated rings. The minimum Gasteiger partial charge on any atom is -0.459 e. The van der Waals surface area contributed by atoms with Crippen LogP contribution in [0.2, 0.25) is 0 Å². The van der Waals surface area contributed by atoms with Gasteiger partial charge in [0.1, 0.15) is 0 Å². The molecule has 1 heterocycles. The highest BCUT2D eigenvalue weighted by molar-refractivity contribution is 7.14. The summed E-state index contributed by atoms with van der Waals surface area (Å²) in [4.78, 5) is 26.3. The fourth-order valence-corrected chi connectivity index (χ4v) is 3.92. The number of fused-ring (bicyclic) bond motifs is 1. The van der Waals surface area contributed by atoms with Gasteiger partial charge < -0.3 is 10.1 Å². The Kier molecular flexibility index (Phi) is 5.00. The number of thiophene rings is 1. The van der Waals surface area contributed by atoms with Crippen LogP contribution in [-0.4, -0.2) is 18.0 Å². The maximum atomic E-state index is 12.4. The first-order valence-electron chi connectivity index (χ1n) is 8.27. The number of aryl methyl sites for hydroxylation is 2. The van der Waals surface area contributed by atoms with Crippen molar-refractivity contribution in [2.75, 3.05) is 5.32 Å². The van der Waals surface area contributed by atoms with E-state index in [-0.39, 0.29) is 18.0 Å². The van der Waals surface area contributed by atoms with E-state index in [1.165, 1.54) is 23.3 Å². The quantitative estimate of drug-likeness (QED) is 0.835. The van der Waals surface area contributed by atoms with Gasteiger partial charge in [-0.3, -0.25) is 4.79 Å². The average molecular weight is 343 g/mol. The van der Waals surface area contributed by atoms with Crippen LogP contribution in [0.1, 0.15) is 57.2 Å². The Balaban J connectivity index is 1.66. The molecule has 1 aliphatic rings. The molecule has 0 spiro atoms. The fourth-order valence-electron chi connectivity index (χ4n) is 2.77. The molecule has 0 bridgehead atoms. The Labute approximate surface area is 145 Å². The average Bonchev–Trinajstić information content (AvgIpc) is 2.99. The molecule has 0 unspecified atom stereocenters. The monoisotopic (exact) mass is 343 g/mol. The lowest BCUT2D eigenvalue weighted by molar-refractivity contribution is 0.0378. The molecule has 3 rings (SSSR count). The summed E-state index contributed by atoms with van der Waals surface area (Å²) in [6.07, 6.45) is 4.43. The normalized spacial score (nSPS) is 13.5. The summed E-state index contributed by atoms with van der Waals surface area (Å²) in [5, 5.41) is 2.89. The van der Waals surface area contributed by atoms with Crippen LogP contribution in [0, 0.1) is 0 Å². The second kappa shape index (κ2) is 7.18. The maximum absolute atomic E-state index is 12.4. The lowest BCUT2D eigenvalue weighted by Gasteiger charge is -2.08. The Morgan fingerprint density at radius 3 is 2.50 bits per heavy atom. The first-order valence-corrected chi connectivity index (χ1v) is 9.08. The lowest BCUT2D eigenvalue weighted by atomic mass is 9.99. The highest BCUT2D eigenvalue weighted by Crippen LogP contribution is 2.30. The molecular weight excluding hydrogens is 322 g/mol. The van der Waals surface area contributed by atoms with Gasteiger partial charge in [-0.2, -0.15) is 0 Å². The van der Waals surface area contributed by atoms with Crippen molar-refractivity contribution in [1.29, 1.82) is 0 Å². The molecule has 0 saturated heterocycles. The van der Waals surface area contributed by atoms with Crippen LogP contribution in [0.15, 0.2) is 30.3 Å². The van der Waals surface area contributed by atoms with E-state index in [2.05, 4.69) is 5.32 Å². The van der Waals surface area contributed by atoms with Crippen molar-refractivity contribution in [3.05, 3.63) is 51.2 Å². The number of rotatable bonds is 4. The summed E-state index contributed by atoms with van der Waals surface area (Å²) < 4.78 is 5.15. The van der Waals surface area contributed by atoms with E-state index >= 15 is 0 Å². The smallest absolute Gasteiger partial charge is 0.338 e. The van der Waals surface area contributed by atoms with Gasteiger partial charge in [0.15, 0.2) is 0 Å². The molecule has 1 amide bonds. The van der Waals surface area contributed by atoms with Crippen LogP contribution < -0.4 is 5.32 Å². The summed E-state index contributed by atoms with van der Waals surface area (Å²) in [6, 6.07) is 8.80. The maximum Gasteiger partial charge on any atom is 0.338 e. The van der Waals surface area contributed by atoms with Gasteiger partial charge in [-0.1, -0.05) is 0 Å². The second-order valence-corrected chi connectivity index (χ2v) is 7.39. The number of esters is 1. The number of ether oxygens (including phenoxy) is 1. The second-order valence-electron chi connectivity index (χ2n) is 6.25. The van der Waals surface area contributed by atoms with Crippen LogP contribution >= 0.6 is 11.3 Å². The highest BCUT2D eigenvalue weighted by atomic mass is 32.1. The first kappa shape index (κ1) is 16.7. The topological polar surface area (TPSA) is 55.4 Å². The molecular formula is C19H21NO3S. The molecule has 0 saturated carbocycles. The van der Waals surface area contributed by atoms with Crippen molar-refractivity contribution < 1.29 is 14.3 Å². The summed E-state index contributed by atoms with van der Waals surface area (Å²) >= 11 is 1.59. The van der Waals surface area contributed by atoms with Gasteiger partial charge in [-0.05, 0) is 75.4 Å². The van der Waals surface area contributed by atoms with Gasteiger partial charge in [0, 0.05) is 10.6 Å². The Morgan fingerprint density at radius 2 is 1.83 bits per heavy atom.